The Balaban J connectivity index is 0.000000640. The van der Waals surface area contributed by atoms with Gasteiger partial charge in [0.25, 0.3) is 0 Å². The molecule has 0 N–H and O–H groups in total. The normalized spacial score (nSPS) is 25.3. The number of carbonyl (C=O) groups excluding carboxylic acids is 2. The summed E-state index contributed by atoms with van der Waals surface area (Å²) in [6.07, 6.45) is 0. The summed E-state index contributed by atoms with van der Waals surface area (Å²) in [4.78, 5) is 20.6. The summed E-state index contributed by atoms with van der Waals surface area (Å²) in [5, 5.41) is 2.80. The van der Waals surface area contributed by atoms with E-state index in [0.717, 1.165) is 11.8 Å². The molecule has 9 heavy (non-hydrogen) atoms. The fourth-order valence-corrected chi connectivity index (χ4v) is 1.01. The Kier molecular flexibility index (Phi) is 4.04. The van der Waals surface area contributed by atoms with Crippen molar-refractivity contribution in [2.45, 2.75) is 3.92 Å². The molecule has 0 radical (unpaired) electrons. The Morgan fingerprint density at radius 2 is 2.11 bits per heavy atom. The molecule has 0 aromatic carbocycles. The first-order chi connectivity index (χ1) is 3.70. The van der Waals surface area contributed by atoms with Crippen LogP contribution in [0.5, 0.6) is 0 Å². The van der Waals surface area contributed by atoms with Gasteiger partial charge in [-0.25, -0.2) is 0 Å². The van der Waals surface area contributed by atoms with Crippen molar-refractivity contribution in [3.63, 3.8) is 0 Å². The fourth-order valence-electron chi connectivity index (χ4n) is 0.409. The molecule has 0 aromatic rings. The second-order valence-electron chi connectivity index (χ2n) is 1.48. The Morgan fingerprint density at radius 1 is 1.56 bits per heavy atom. The Labute approximate surface area is 78.1 Å². The molecule has 1 saturated heterocycles. The van der Waals surface area contributed by atoms with Crippen molar-refractivity contribution in [3.8, 4) is 0 Å². The summed E-state index contributed by atoms with van der Waals surface area (Å²) < 4.78 is -0.248. The van der Waals surface area contributed by atoms with E-state index in [1.807, 2.05) is 0 Å². The van der Waals surface area contributed by atoms with Gasteiger partial charge in [-0.3, -0.25) is 0 Å². The molecule has 1 aliphatic heterocycles. The summed E-state index contributed by atoms with van der Waals surface area (Å²) >= 11 is 2.64. The number of thioether (sulfide) groups is 1. The van der Waals surface area contributed by atoms with Crippen LogP contribution in [0, 0.1) is 0 Å². The van der Waals surface area contributed by atoms with E-state index >= 15 is 0 Å². The summed E-state index contributed by atoms with van der Waals surface area (Å²) in [7, 11) is 0. The van der Waals surface area contributed by atoms with Crippen LogP contribution in [0.15, 0.2) is 0 Å². The average molecular weight is 129 g/mol. The molecule has 0 aliphatic carbocycles. The standard InChI is InChI=1S/C3H2NO2S.2Li/c5-2-1-7-3(6)4-2;;/h1H,(H,4,5,6);;/q;;+1/p-1. The van der Waals surface area contributed by atoms with Crippen molar-refractivity contribution in [3.05, 3.63) is 5.32 Å². The molecule has 6 heteroatoms. The maximum absolute atomic E-state index is 10.4. The Hall–Kier alpha value is 0.685. The minimum atomic E-state index is -0.359. The van der Waals surface area contributed by atoms with Crippen LogP contribution < -0.4 is 18.9 Å². The summed E-state index contributed by atoms with van der Waals surface area (Å²) in [5.41, 5.74) is 0. The third kappa shape index (κ3) is 2.41. The molecule has 0 bridgehead atoms. The second-order valence-corrected chi connectivity index (χ2v) is 2.77. The monoisotopic (exact) mass is 129 g/mol. The number of imide groups is 1. The third-order valence-corrected chi connectivity index (χ3v) is 1.67. The molecule has 1 unspecified atom stereocenters. The molecule has 0 spiro atoms. The molecule has 1 fully saturated rings. The van der Waals surface area contributed by atoms with Gasteiger partial charge in [0.2, 0.25) is 0 Å². The van der Waals surface area contributed by atoms with Gasteiger partial charge < -0.3 is 0 Å². The van der Waals surface area contributed by atoms with Gasteiger partial charge in [-0.2, -0.15) is 0 Å². The Bertz CT molecular complexity index is 151. The molecule has 1 aliphatic rings. The molecule has 0 saturated carbocycles. The van der Waals surface area contributed by atoms with E-state index in [0.29, 0.717) is 0 Å². The quantitative estimate of drug-likeness (QED) is 0.333. The zero-order chi connectivity index (χ0) is 6.15. The van der Waals surface area contributed by atoms with Crippen molar-refractivity contribution in [1.29, 1.82) is 0 Å². The van der Waals surface area contributed by atoms with Crippen molar-refractivity contribution >= 4 is 40.6 Å². The average Bonchev–Trinajstić information content (AvgIpc) is 1.85. The first-order valence-corrected chi connectivity index (χ1v) is 3.04. The van der Waals surface area contributed by atoms with Crippen LogP contribution in [0.4, 0.5) is 4.79 Å². The maximum atomic E-state index is 10.4. The topological polar surface area (TPSA) is 48.2 Å². The summed E-state index contributed by atoms with van der Waals surface area (Å²) in [6.45, 7) is 0. The van der Waals surface area contributed by atoms with Crippen LogP contribution in [0.25, 0.3) is 5.32 Å². The molecular formula is C3HLi2NO2S. The first-order valence-electron chi connectivity index (χ1n) is 2.16. The van der Waals surface area contributed by atoms with Crippen molar-refractivity contribution in [2.24, 2.45) is 0 Å². The van der Waals surface area contributed by atoms with Crippen LogP contribution in [-0.4, -0.2) is 32.8 Å². The predicted molar refractivity (Wildman–Crippen MR) is 30.9 cm³/mol. The number of hydrogen-bond donors (Lipinski definition) is 0. The first kappa shape index (κ1) is 9.68. The SMILES string of the molecule is [Li+].[Li][CH]1SC(=O)[N-]C1=O. The summed E-state index contributed by atoms with van der Waals surface area (Å²) in [6, 6.07) is 0. The van der Waals surface area contributed by atoms with E-state index in [9.17, 15) is 9.59 Å². The number of rotatable bonds is 0. The predicted octanol–water partition coefficient (Wildman–Crippen LogP) is -2.75. The van der Waals surface area contributed by atoms with E-state index in [1.165, 1.54) is 0 Å². The molecule has 1 heterocycles. The van der Waals surface area contributed by atoms with E-state index in [1.54, 1.807) is 17.7 Å². The van der Waals surface area contributed by atoms with Crippen molar-refractivity contribution < 1.29 is 28.4 Å². The molecule has 0 aromatic heterocycles. The van der Waals surface area contributed by atoms with Gasteiger partial charge >= 0.3 is 78.3 Å². The van der Waals surface area contributed by atoms with Crippen molar-refractivity contribution in [1.82, 2.24) is 0 Å². The molecular weight excluding hydrogens is 128 g/mol. The van der Waals surface area contributed by atoms with E-state index in [2.05, 4.69) is 5.32 Å². The molecule has 38 valence electrons. The minimum absolute atomic E-state index is 0. The zero-order valence-corrected chi connectivity index (χ0v) is 6.07. The summed E-state index contributed by atoms with van der Waals surface area (Å²) in [5.74, 6) is -0.306. The third-order valence-electron chi connectivity index (χ3n) is 0.827. The van der Waals surface area contributed by atoms with Crippen LogP contribution >= 0.6 is 11.8 Å². The van der Waals surface area contributed by atoms with E-state index < -0.39 is 0 Å². The molecule has 2 amide bonds. The molecule has 3 nitrogen and oxygen atoms in total. The second kappa shape index (κ2) is 3.76. The fraction of sp³-hybridized carbons (Fsp3) is 0.333. The van der Waals surface area contributed by atoms with Crippen LogP contribution in [-0.2, 0) is 4.79 Å². The van der Waals surface area contributed by atoms with Gasteiger partial charge in [0.05, 0.1) is 0 Å². The zero-order valence-electron chi connectivity index (χ0n) is 5.25. The van der Waals surface area contributed by atoms with E-state index in [4.69, 9.17) is 0 Å². The number of amides is 2. The van der Waals surface area contributed by atoms with Gasteiger partial charge in [0, 0.05) is 0 Å². The van der Waals surface area contributed by atoms with Crippen LogP contribution in [0.2, 0.25) is 0 Å². The molecule has 1 rings (SSSR count). The van der Waals surface area contributed by atoms with Gasteiger partial charge in [0.15, 0.2) is 0 Å². The van der Waals surface area contributed by atoms with Crippen molar-refractivity contribution in [2.75, 3.05) is 0 Å². The van der Waals surface area contributed by atoms with Crippen LogP contribution in [0.3, 0.4) is 0 Å². The van der Waals surface area contributed by atoms with Gasteiger partial charge in [0.1, 0.15) is 0 Å². The Morgan fingerprint density at radius 3 is 2.22 bits per heavy atom. The van der Waals surface area contributed by atoms with Gasteiger partial charge in [-0.05, 0) is 0 Å². The van der Waals surface area contributed by atoms with E-state index in [-0.39, 0.29) is 33.9 Å². The van der Waals surface area contributed by atoms with Crippen LogP contribution in [0.1, 0.15) is 0 Å². The molecule has 1 atom stereocenters. The number of nitrogens with zero attached hydrogens (tertiary/aromatic N) is 1. The number of carbonyl (C=O) groups is 2. The van der Waals surface area contributed by atoms with Gasteiger partial charge in [-0.15, -0.1) is 0 Å². The van der Waals surface area contributed by atoms with Gasteiger partial charge in [-0.1, -0.05) is 0 Å². The number of hydrogen-bond acceptors (Lipinski definition) is 3.